The lowest BCUT2D eigenvalue weighted by Gasteiger charge is -2.34. The number of hydrogen-bond acceptors (Lipinski definition) is 9. The highest BCUT2D eigenvalue weighted by atomic mass is 19.1. The van der Waals surface area contributed by atoms with Gasteiger partial charge >= 0.3 is 0 Å². The van der Waals surface area contributed by atoms with Gasteiger partial charge in [-0.3, -0.25) is 14.5 Å². The van der Waals surface area contributed by atoms with E-state index in [4.69, 9.17) is 9.47 Å². The van der Waals surface area contributed by atoms with Crippen LogP contribution in [0.1, 0.15) is 60.7 Å². The van der Waals surface area contributed by atoms with Crippen molar-refractivity contribution in [1.29, 1.82) is 0 Å². The molecule has 0 spiro atoms. The predicted molar refractivity (Wildman–Crippen MR) is 207 cm³/mol. The van der Waals surface area contributed by atoms with Crippen LogP contribution in [0.2, 0.25) is 0 Å². The fourth-order valence-corrected chi connectivity index (χ4v) is 6.38. The van der Waals surface area contributed by atoms with Crippen LogP contribution in [0, 0.1) is 19.7 Å². The first-order valence-corrected chi connectivity index (χ1v) is 18.6. The Morgan fingerprint density at radius 1 is 0.906 bits per heavy atom. The van der Waals surface area contributed by atoms with Crippen molar-refractivity contribution < 1.29 is 23.5 Å². The van der Waals surface area contributed by atoms with Crippen molar-refractivity contribution in [3.05, 3.63) is 94.9 Å². The molecule has 1 saturated heterocycles. The van der Waals surface area contributed by atoms with Gasteiger partial charge < -0.3 is 29.9 Å². The predicted octanol–water partition coefficient (Wildman–Crippen LogP) is 7.23. The first-order chi connectivity index (χ1) is 25.7. The molecule has 0 radical (unpaired) electrons. The van der Waals surface area contributed by atoms with Gasteiger partial charge in [-0.2, -0.15) is 4.98 Å². The molecule has 11 nitrogen and oxygen atoms in total. The normalized spacial score (nSPS) is 13.4. The van der Waals surface area contributed by atoms with Gasteiger partial charge in [-0.05, 0) is 88.0 Å². The summed E-state index contributed by atoms with van der Waals surface area (Å²) in [4.78, 5) is 41.9. The summed E-state index contributed by atoms with van der Waals surface area (Å²) in [6.45, 7) is 17.6. The van der Waals surface area contributed by atoms with E-state index in [1.807, 2.05) is 64.1 Å². The zero-order chi connectivity index (χ0) is 37.7. The van der Waals surface area contributed by atoms with Gasteiger partial charge in [0.2, 0.25) is 17.7 Å². The molecule has 0 saturated carbocycles. The Labute approximate surface area is 312 Å². The van der Waals surface area contributed by atoms with Crippen molar-refractivity contribution in [1.82, 2.24) is 24.7 Å². The number of benzene rings is 3. The van der Waals surface area contributed by atoms with Gasteiger partial charge in [0.25, 0.3) is 5.91 Å². The summed E-state index contributed by atoms with van der Waals surface area (Å²) in [6, 6.07) is 17.7. The average Bonchev–Trinajstić information content (AvgIpc) is 3.15. The fraction of sp³-hybridized carbons (Fsp3) is 0.415. The maximum absolute atomic E-state index is 15.2. The molecule has 3 aromatic carbocycles. The SMILES string of the molecule is CCCN1CCN(CCOc2ccc(Nc3ncc(C(=O)Nc4c(C)cccc4C)c(Oc4cccc(CCC(=O)N(CC)CC)c4)n3)cc2F)CC1. The Bertz CT molecular complexity index is 1820. The molecule has 1 fully saturated rings. The molecule has 0 bridgehead atoms. The molecule has 0 aliphatic carbocycles. The zero-order valence-electron chi connectivity index (χ0n) is 31.6. The fourth-order valence-electron chi connectivity index (χ4n) is 6.38. The van der Waals surface area contributed by atoms with Crippen molar-refractivity contribution in [2.45, 2.75) is 53.9 Å². The van der Waals surface area contributed by atoms with Crippen LogP contribution in [-0.4, -0.2) is 95.4 Å². The molecule has 1 aliphatic heterocycles. The summed E-state index contributed by atoms with van der Waals surface area (Å²) in [6.07, 6.45) is 3.44. The summed E-state index contributed by atoms with van der Waals surface area (Å²) < 4.78 is 27.2. The monoisotopic (exact) mass is 725 g/mol. The number of nitrogens with one attached hydrogen (secondary N) is 2. The highest BCUT2D eigenvalue weighted by molar-refractivity contribution is 6.06. The Morgan fingerprint density at radius 2 is 1.60 bits per heavy atom. The van der Waals surface area contributed by atoms with Gasteiger partial charge in [-0.25, -0.2) is 9.37 Å². The van der Waals surface area contributed by atoms with Crippen LogP contribution in [0.3, 0.4) is 0 Å². The third-order valence-corrected chi connectivity index (χ3v) is 9.43. The third-order valence-electron chi connectivity index (χ3n) is 9.43. The smallest absolute Gasteiger partial charge is 0.262 e. The second-order valence-corrected chi connectivity index (χ2v) is 13.3. The van der Waals surface area contributed by atoms with E-state index in [1.54, 1.807) is 23.1 Å². The number of aromatic nitrogens is 2. The van der Waals surface area contributed by atoms with Crippen LogP contribution in [-0.2, 0) is 11.2 Å². The largest absolute Gasteiger partial charge is 0.489 e. The highest BCUT2D eigenvalue weighted by Gasteiger charge is 2.20. The quantitative estimate of drug-likeness (QED) is 0.117. The van der Waals surface area contributed by atoms with Gasteiger partial charge in [0, 0.05) is 75.9 Å². The molecule has 2 N–H and O–H groups in total. The number of para-hydroxylation sites is 1. The van der Waals surface area contributed by atoms with Crippen molar-refractivity contribution in [3.63, 3.8) is 0 Å². The number of carbonyl (C=O) groups is 2. The summed E-state index contributed by atoms with van der Waals surface area (Å²) in [7, 11) is 0. The third kappa shape index (κ3) is 11.0. The van der Waals surface area contributed by atoms with Crippen molar-refractivity contribution in [3.8, 4) is 17.4 Å². The van der Waals surface area contributed by atoms with Crippen LogP contribution in [0.4, 0.5) is 21.7 Å². The Kier molecular flexibility index (Phi) is 14.1. The summed E-state index contributed by atoms with van der Waals surface area (Å²) in [5.74, 6) is -0.133. The summed E-state index contributed by atoms with van der Waals surface area (Å²) in [5.41, 5.74) is 3.93. The lowest BCUT2D eigenvalue weighted by Crippen LogP contribution is -2.47. The maximum Gasteiger partial charge on any atom is 0.262 e. The molecule has 0 unspecified atom stereocenters. The van der Waals surface area contributed by atoms with E-state index in [0.717, 1.165) is 62.4 Å². The second kappa shape index (κ2) is 19.1. The van der Waals surface area contributed by atoms with Crippen LogP contribution in [0.5, 0.6) is 17.4 Å². The molecular formula is C41H52FN7O4. The minimum Gasteiger partial charge on any atom is -0.489 e. The molecule has 1 aliphatic rings. The Balaban J connectivity index is 1.30. The number of hydrogen-bond donors (Lipinski definition) is 2. The number of carbonyl (C=O) groups excluding carboxylic acids is 2. The van der Waals surface area contributed by atoms with E-state index in [2.05, 4.69) is 37.3 Å². The van der Waals surface area contributed by atoms with Crippen molar-refractivity contribution in [2.24, 2.45) is 0 Å². The van der Waals surface area contributed by atoms with Gasteiger partial charge in [-0.15, -0.1) is 0 Å². The van der Waals surface area contributed by atoms with Crippen LogP contribution < -0.4 is 20.1 Å². The second-order valence-electron chi connectivity index (χ2n) is 13.3. The van der Waals surface area contributed by atoms with E-state index in [0.29, 0.717) is 49.7 Å². The van der Waals surface area contributed by atoms with Crippen molar-refractivity contribution >= 4 is 29.1 Å². The van der Waals surface area contributed by atoms with Gasteiger partial charge in [-0.1, -0.05) is 37.3 Å². The van der Waals surface area contributed by atoms with Crippen LogP contribution in [0.15, 0.2) is 66.9 Å². The maximum atomic E-state index is 15.2. The van der Waals surface area contributed by atoms with E-state index in [-0.39, 0.29) is 29.0 Å². The lowest BCUT2D eigenvalue weighted by atomic mass is 10.1. The molecule has 0 atom stereocenters. The number of ether oxygens (including phenoxy) is 2. The lowest BCUT2D eigenvalue weighted by molar-refractivity contribution is -0.130. The minimum absolute atomic E-state index is 0.0126. The summed E-state index contributed by atoms with van der Waals surface area (Å²) >= 11 is 0. The number of aryl methyl sites for hydroxylation is 3. The molecule has 2 heterocycles. The van der Waals surface area contributed by atoms with Gasteiger partial charge in [0.15, 0.2) is 11.6 Å². The average molecular weight is 726 g/mol. The molecule has 5 rings (SSSR count). The first-order valence-electron chi connectivity index (χ1n) is 18.6. The van der Waals surface area contributed by atoms with Crippen LogP contribution >= 0.6 is 0 Å². The van der Waals surface area contributed by atoms with Gasteiger partial charge in [0.1, 0.15) is 17.9 Å². The number of nitrogens with zero attached hydrogens (tertiary/aromatic N) is 5. The molecule has 4 aromatic rings. The Morgan fingerprint density at radius 3 is 2.28 bits per heavy atom. The number of anilines is 3. The molecule has 1 aromatic heterocycles. The van der Waals surface area contributed by atoms with Crippen LogP contribution in [0.25, 0.3) is 0 Å². The summed E-state index contributed by atoms with van der Waals surface area (Å²) in [5, 5.41) is 6.02. The van der Waals surface area contributed by atoms with Crippen molar-refractivity contribution in [2.75, 3.05) is 69.6 Å². The topological polar surface area (TPSA) is 112 Å². The standard InChI is InChI=1S/C41H52FN7O4/c1-6-19-47-20-22-48(23-21-47)24-25-52-36-17-16-32(27-35(36)42)44-41-43-28-34(39(51)45-38-29(4)11-9-12-30(38)5)40(46-41)53-33-14-10-13-31(26-33)15-18-37(50)49(7-2)8-3/h9-14,16-17,26-28H,6-8,15,18-25H2,1-5H3,(H,45,51)(H,43,44,46). The zero-order valence-corrected chi connectivity index (χ0v) is 31.6. The molecule has 53 heavy (non-hydrogen) atoms. The minimum atomic E-state index is -0.514. The Hall–Kier alpha value is -5.07. The van der Waals surface area contributed by atoms with E-state index >= 15 is 4.39 Å². The first kappa shape index (κ1) is 39.1. The number of piperazine rings is 1. The van der Waals surface area contributed by atoms with E-state index in [1.165, 1.54) is 12.3 Å². The number of amides is 2. The molecule has 2 amide bonds. The number of rotatable bonds is 17. The number of halogens is 1. The molecular weight excluding hydrogens is 673 g/mol. The van der Waals surface area contributed by atoms with E-state index < -0.39 is 11.7 Å². The molecule has 282 valence electrons. The van der Waals surface area contributed by atoms with Gasteiger partial charge in [0.05, 0.1) is 0 Å². The molecule has 12 heteroatoms. The highest BCUT2D eigenvalue weighted by Crippen LogP contribution is 2.29. The van der Waals surface area contributed by atoms with E-state index in [9.17, 15) is 9.59 Å².